The van der Waals surface area contributed by atoms with Gasteiger partial charge in [0.25, 0.3) is 0 Å². The van der Waals surface area contributed by atoms with E-state index in [0.717, 1.165) is 36.5 Å². The minimum absolute atomic E-state index is 0.0606. The van der Waals surface area contributed by atoms with Gasteiger partial charge in [0.15, 0.2) is 0 Å². The molecule has 4 aliphatic rings. The summed E-state index contributed by atoms with van der Waals surface area (Å²) in [5.41, 5.74) is 0.688. The SMILES string of the molecule is C[C@@]12CCC[C@H]1[C@@H]1CC[C@H]3CCCC(=O)[C@]3(C)[C@H]1CC2. The van der Waals surface area contributed by atoms with Gasteiger partial charge in [0.1, 0.15) is 5.78 Å². The van der Waals surface area contributed by atoms with Gasteiger partial charge >= 0.3 is 0 Å². The molecule has 0 amide bonds. The molecule has 1 heteroatoms. The zero-order valence-electron chi connectivity index (χ0n) is 13.3. The molecule has 0 saturated heterocycles. The molecule has 4 fully saturated rings. The maximum absolute atomic E-state index is 12.8. The second-order valence-corrected chi connectivity index (χ2v) is 8.83. The molecule has 4 rings (SSSR count). The molecule has 112 valence electrons. The number of rotatable bonds is 0. The number of ketones is 1. The van der Waals surface area contributed by atoms with Gasteiger partial charge in [-0.15, -0.1) is 0 Å². The van der Waals surface area contributed by atoms with E-state index in [4.69, 9.17) is 0 Å². The molecule has 20 heavy (non-hydrogen) atoms. The van der Waals surface area contributed by atoms with E-state index in [1.807, 2.05) is 0 Å². The van der Waals surface area contributed by atoms with Crippen molar-refractivity contribution in [2.45, 2.75) is 78.1 Å². The second-order valence-electron chi connectivity index (χ2n) is 8.83. The summed E-state index contributed by atoms with van der Waals surface area (Å²) in [7, 11) is 0. The van der Waals surface area contributed by atoms with E-state index in [9.17, 15) is 4.79 Å². The summed E-state index contributed by atoms with van der Waals surface area (Å²) in [4.78, 5) is 12.8. The van der Waals surface area contributed by atoms with Crippen molar-refractivity contribution in [3.05, 3.63) is 0 Å². The number of Topliss-reactive ketones (excluding diaryl/α,β-unsaturated/α-hetero) is 1. The lowest BCUT2D eigenvalue weighted by Gasteiger charge is -2.58. The smallest absolute Gasteiger partial charge is 0.139 e. The van der Waals surface area contributed by atoms with Crippen LogP contribution in [0.3, 0.4) is 0 Å². The largest absolute Gasteiger partial charge is 0.299 e. The fraction of sp³-hybridized carbons (Fsp3) is 0.947. The molecule has 0 bridgehead atoms. The molecule has 0 unspecified atom stereocenters. The van der Waals surface area contributed by atoms with Gasteiger partial charge in [-0.25, -0.2) is 0 Å². The maximum atomic E-state index is 12.8. The lowest BCUT2D eigenvalue weighted by molar-refractivity contribution is -0.154. The van der Waals surface area contributed by atoms with Crippen LogP contribution in [0.5, 0.6) is 0 Å². The van der Waals surface area contributed by atoms with Crippen molar-refractivity contribution in [2.75, 3.05) is 0 Å². The lowest BCUT2D eigenvalue weighted by Crippen LogP contribution is -2.55. The van der Waals surface area contributed by atoms with E-state index in [1.54, 1.807) is 0 Å². The molecule has 0 aromatic carbocycles. The Balaban J connectivity index is 1.69. The van der Waals surface area contributed by atoms with Gasteiger partial charge in [0, 0.05) is 11.8 Å². The highest BCUT2D eigenvalue weighted by Crippen LogP contribution is 2.65. The summed E-state index contributed by atoms with van der Waals surface area (Å²) >= 11 is 0. The Hall–Kier alpha value is -0.330. The van der Waals surface area contributed by atoms with Crippen LogP contribution in [-0.2, 0) is 4.79 Å². The van der Waals surface area contributed by atoms with Gasteiger partial charge in [-0.2, -0.15) is 0 Å². The topological polar surface area (TPSA) is 17.1 Å². The number of hydrogen-bond acceptors (Lipinski definition) is 1. The van der Waals surface area contributed by atoms with Crippen LogP contribution in [0.2, 0.25) is 0 Å². The summed E-state index contributed by atoms with van der Waals surface area (Å²) in [5.74, 6) is 3.89. The zero-order chi connectivity index (χ0) is 14.0. The van der Waals surface area contributed by atoms with Crippen LogP contribution in [-0.4, -0.2) is 5.78 Å². The molecule has 0 aromatic rings. The van der Waals surface area contributed by atoms with Crippen LogP contribution in [0.15, 0.2) is 0 Å². The van der Waals surface area contributed by atoms with Crippen molar-refractivity contribution < 1.29 is 4.79 Å². The van der Waals surface area contributed by atoms with Crippen molar-refractivity contribution in [2.24, 2.45) is 34.5 Å². The van der Waals surface area contributed by atoms with Crippen molar-refractivity contribution >= 4 is 5.78 Å². The molecular weight excluding hydrogens is 244 g/mol. The highest BCUT2D eigenvalue weighted by Gasteiger charge is 2.59. The summed E-state index contributed by atoms with van der Waals surface area (Å²) < 4.78 is 0. The van der Waals surface area contributed by atoms with Crippen molar-refractivity contribution in [1.29, 1.82) is 0 Å². The van der Waals surface area contributed by atoms with Gasteiger partial charge in [-0.1, -0.05) is 20.3 Å². The minimum atomic E-state index is 0.0606. The van der Waals surface area contributed by atoms with Crippen LogP contribution in [0, 0.1) is 34.5 Å². The molecule has 6 atom stereocenters. The Bertz CT molecular complexity index is 427. The Morgan fingerprint density at radius 1 is 0.900 bits per heavy atom. The van der Waals surface area contributed by atoms with Crippen LogP contribution < -0.4 is 0 Å². The number of carbonyl (C=O) groups excluding carboxylic acids is 1. The third kappa shape index (κ3) is 1.58. The fourth-order valence-electron chi connectivity index (χ4n) is 7.08. The van der Waals surface area contributed by atoms with Crippen LogP contribution in [0.1, 0.15) is 78.1 Å². The third-order valence-electron chi connectivity index (χ3n) is 8.24. The minimum Gasteiger partial charge on any atom is -0.299 e. The maximum Gasteiger partial charge on any atom is 0.139 e. The van der Waals surface area contributed by atoms with Crippen LogP contribution in [0.4, 0.5) is 0 Å². The third-order valence-corrected chi connectivity index (χ3v) is 8.24. The highest BCUT2D eigenvalue weighted by molar-refractivity contribution is 5.86. The predicted molar refractivity (Wildman–Crippen MR) is 81.4 cm³/mol. The van der Waals surface area contributed by atoms with E-state index in [1.165, 1.54) is 51.4 Å². The molecule has 4 aliphatic carbocycles. The first kappa shape index (κ1) is 13.3. The first-order valence-electron chi connectivity index (χ1n) is 9.09. The summed E-state index contributed by atoms with van der Waals surface area (Å²) in [6.45, 7) is 4.92. The molecular formula is C19H30O. The van der Waals surface area contributed by atoms with Crippen molar-refractivity contribution in [1.82, 2.24) is 0 Å². The van der Waals surface area contributed by atoms with Crippen molar-refractivity contribution in [3.63, 3.8) is 0 Å². The molecule has 0 N–H and O–H groups in total. The average Bonchev–Trinajstić information content (AvgIpc) is 2.82. The molecule has 0 aromatic heterocycles. The Morgan fingerprint density at radius 2 is 1.75 bits per heavy atom. The second kappa shape index (κ2) is 4.34. The van der Waals surface area contributed by atoms with E-state index in [-0.39, 0.29) is 5.41 Å². The van der Waals surface area contributed by atoms with Gasteiger partial charge in [-0.3, -0.25) is 4.79 Å². The first-order valence-corrected chi connectivity index (χ1v) is 9.09. The predicted octanol–water partition coefficient (Wildman–Crippen LogP) is 4.99. The number of fused-ring (bicyclic) bond motifs is 5. The molecule has 0 radical (unpaired) electrons. The molecule has 1 nitrogen and oxygen atoms in total. The Labute approximate surface area is 123 Å². The molecule has 4 saturated carbocycles. The summed E-state index contributed by atoms with van der Waals surface area (Å²) in [6.07, 6.45) is 13.2. The lowest BCUT2D eigenvalue weighted by atomic mass is 9.45. The van der Waals surface area contributed by atoms with E-state index in [2.05, 4.69) is 13.8 Å². The monoisotopic (exact) mass is 274 g/mol. The van der Waals surface area contributed by atoms with Gasteiger partial charge in [0.2, 0.25) is 0 Å². The Kier molecular flexibility index (Phi) is 2.89. The number of carbonyl (C=O) groups is 1. The van der Waals surface area contributed by atoms with E-state index in [0.29, 0.717) is 11.2 Å². The van der Waals surface area contributed by atoms with Gasteiger partial charge in [-0.05, 0) is 80.5 Å². The van der Waals surface area contributed by atoms with Gasteiger partial charge in [0.05, 0.1) is 0 Å². The fourth-order valence-corrected chi connectivity index (χ4v) is 7.08. The molecule has 0 spiro atoms. The first-order chi connectivity index (χ1) is 9.56. The van der Waals surface area contributed by atoms with Crippen LogP contribution in [0.25, 0.3) is 0 Å². The zero-order valence-corrected chi connectivity index (χ0v) is 13.3. The molecule has 0 aliphatic heterocycles. The van der Waals surface area contributed by atoms with Crippen LogP contribution >= 0.6 is 0 Å². The van der Waals surface area contributed by atoms with Gasteiger partial charge < -0.3 is 0 Å². The summed E-state index contributed by atoms with van der Waals surface area (Å²) in [6, 6.07) is 0. The summed E-state index contributed by atoms with van der Waals surface area (Å²) in [5, 5.41) is 0. The quantitative estimate of drug-likeness (QED) is 0.608. The Morgan fingerprint density at radius 3 is 2.60 bits per heavy atom. The number of hydrogen-bond donors (Lipinski definition) is 0. The van der Waals surface area contributed by atoms with E-state index < -0.39 is 0 Å². The van der Waals surface area contributed by atoms with Crippen molar-refractivity contribution in [3.8, 4) is 0 Å². The van der Waals surface area contributed by atoms with E-state index >= 15 is 0 Å². The average molecular weight is 274 g/mol. The normalized spacial score (nSPS) is 55.0. The molecule has 0 heterocycles. The highest BCUT2D eigenvalue weighted by atomic mass is 16.1. The standard InChI is InChI=1S/C19H30O/c1-18-11-4-6-15(18)14-9-8-13-5-3-7-17(20)19(13,2)16(14)10-12-18/h13-16H,3-12H2,1-2H3/t13-,14+,15+,16+,18+,19+/m1/s1.